The number of nitrogens with one attached hydrogen (secondary N) is 1. The molecule has 1 amide bonds. The number of amides is 1. The molecule has 4 rings (SSSR count). The molecule has 0 unspecified atom stereocenters. The second-order valence-electron chi connectivity index (χ2n) is 5.99. The first-order valence-corrected chi connectivity index (χ1v) is 8.71. The maximum absolute atomic E-state index is 13.0. The molecule has 0 aliphatic carbocycles. The minimum Gasteiger partial charge on any atom is -0.353 e. The zero-order chi connectivity index (χ0) is 17.9. The van der Waals surface area contributed by atoms with E-state index in [1.165, 1.54) is 6.33 Å². The monoisotopic (exact) mass is 368 g/mol. The van der Waals surface area contributed by atoms with E-state index in [9.17, 15) is 4.79 Å². The van der Waals surface area contributed by atoms with Crippen LogP contribution in [0, 0.1) is 0 Å². The third-order valence-electron chi connectivity index (χ3n) is 4.43. The van der Waals surface area contributed by atoms with Gasteiger partial charge in [-0.2, -0.15) is 5.10 Å². The lowest BCUT2D eigenvalue weighted by Crippen LogP contribution is -2.49. The Bertz CT molecular complexity index is 888. The Kier molecular flexibility index (Phi) is 4.53. The van der Waals surface area contributed by atoms with E-state index in [0.29, 0.717) is 29.5 Å². The van der Waals surface area contributed by atoms with Crippen LogP contribution in [-0.4, -0.2) is 57.2 Å². The number of carbonyl (C=O) groups excluding carboxylic acids is 1. The summed E-state index contributed by atoms with van der Waals surface area (Å²) >= 11 is 5.89. The molecule has 1 aromatic carbocycles. The summed E-state index contributed by atoms with van der Waals surface area (Å²) in [7, 11) is 0. The van der Waals surface area contributed by atoms with Gasteiger partial charge in [-0.3, -0.25) is 9.89 Å². The molecule has 0 bridgehead atoms. The first kappa shape index (κ1) is 16.5. The van der Waals surface area contributed by atoms with Gasteiger partial charge in [0, 0.05) is 37.9 Å². The second-order valence-corrected chi connectivity index (χ2v) is 6.43. The number of carbonyl (C=O) groups is 1. The first-order chi connectivity index (χ1) is 12.7. The van der Waals surface area contributed by atoms with Crippen molar-refractivity contribution in [3.8, 4) is 11.4 Å². The molecule has 0 radical (unpaired) electrons. The van der Waals surface area contributed by atoms with E-state index in [1.54, 1.807) is 6.20 Å². The maximum atomic E-state index is 13.0. The molecule has 7 nitrogen and oxygen atoms in total. The van der Waals surface area contributed by atoms with Gasteiger partial charge in [-0.15, -0.1) is 0 Å². The number of aromatic amines is 1. The number of hydrogen-bond donors (Lipinski definition) is 1. The van der Waals surface area contributed by atoms with Crippen molar-refractivity contribution in [2.75, 3.05) is 31.1 Å². The van der Waals surface area contributed by atoms with Crippen LogP contribution in [0.3, 0.4) is 0 Å². The molecular formula is C18H17ClN6O. The minimum atomic E-state index is 0.000662. The van der Waals surface area contributed by atoms with Gasteiger partial charge in [0.05, 0.1) is 10.6 Å². The largest absolute Gasteiger partial charge is 0.353 e. The van der Waals surface area contributed by atoms with Gasteiger partial charge in [-0.1, -0.05) is 29.8 Å². The summed E-state index contributed by atoms with van der Waals surface area (Å²) in [5.74, 6) is 1.47. The van der Waals surface area contributed by atoms with Crippen LogP contribution in [-0.2, 0) is 0 Å². The van der Waals surface area contributed by atoms with E-state index in [0.717, 1.165) is 24.5 Å². The number of piperazine rings is 1. The van der Waals surface area contributed by atoms with Gasteiger partial charge in [0.25, 0.3) is 5.91 Å². The van der Waals surface area contributed by atoms with Crippen molar-refractivity contribution in [2.24, 2.45) is 0 Å². The van der Waals surface area contributed by atoms with Crippen molar-refractivity contribution in [1.82, 2.24) is 25.1 Å². The number of benzene rings is 1. The lowest BCUT2D eigenvalue weighted by molar-refractivity contribution is 0.0747. The van der Waals surface area contributed by atoms with E-state index in [4.69, 9.17) is 11.6 Å². The summed E-state index contributed by atoms with van der Waals surface area (Å²) < 4.78 is 0. The van der Waals surface area contributed by atoms with Gasteiger partial charge in [0.2, 0.25) is 0 Å². The molecular weight excluding hydrogens is 352 g/mol. The molecule has 1 saturated heterocycles. The summed E-state index contributed by atoms with van der Waals surface area (Å²) in [6, 6.07) is 11.2. The highest BCUT2D eigenvalue weighted by molar-refractivity contribution is 6.30. The molecule has 1 aliphatic heterocycles. The fourth-order valence-corrected chi connectivity index (χ4v) is 3.19. The molecule has 1 aliphatic rings. The molecule has 0 saturated carbocycles. The number of halogens is 1. The Morgan fingerprint density at radius 3 is 2.54 bits per heavy atom. The molecule has 132 valence electrons. The summed E-state index contributed by atoms with van der Waals surface area (Å²) in [4.78, 5) is 25.6. The summed E-state index contributed by atoms with van der Waals surface area (Å²) in [6.07, 6.45) is 3.08. The van der Waals surface area contributed by atoms with Crippen LogP contribution in [0.15, 0.2) is 48.9 Å². The molecule has 1 N–H and O–H groups in total. The number of rotatable bonds is 3. The van der Waals surface area contributed by atoms with Crippen molar-refractivity contribution in [1.29, 1.82) is 0 Å². The van der Waals surface area contributed by atoms with Crippen molar-refractivity contribution >= 4 is 23.3 Å². The highest BCUT2D eigenvalue weighted by Crippen LogP contribution is 2.22. The van der Waals surface area contributed by atoms with Gasteiger partial charge in [-0.25, -0.2) is 9.97 Å². The molecule has 0 spiro atoms. The zero-order valence-corrected chi connectivity index (χ0v) is 14.7. The number of nitrogens with zero attached hydrogens (tertiary/aromatic N) is 5. The lowest BCUT2D eigenvalue weighted by Gasteiger charge is -2.35. The van der Waals surface area contributed by atoms with E-state index < -0.39 is 0 Å². The molecule has 2 aromatic heterocycles. The van der Waals surface area contributed by atoms with Crippen LogP contribution in [0.2, 0.25) is 5.02 Å². The molecule has 8 heteroatoms. The standard InChI is InChI=1S/C18H17ClN6O/c19-13-5-6-16(20-11-13)24-7-9-25(10-8-24)18(26)15-4-2-1-3-14(15)17-21-12-22-23-17/h1-6,11-12H,7-10H2,(H,21,22,23). The Hall–Kier alpha value is -2.93. The van der Waals surface area contributed by atoms with Crippen molar-refractivity contribution in [3.63, 3.8) is 0 Å². The van der Waals surface area contributed by atoms with Crippen LogP contribution in [0.1, 0.15) is 10.4 Å². The Morgan fingerprint density at radius 2 is 1.85 bits per heavy atom. The van der Waals surface area contributed by atoms with E-state index in [1.807, 2.05) is 41.3 Å². The van der Waals surface area contributed by atoms with Crippen LogP contribution in [0.4, 0.5) is 5.82 Å². The van der Waals surface area contributed by atoms with Crippen molar-refractivity contribution in [3.05, 3.63) is 59.5 Å². The number of hydrogen-bond acceptors (Lipinski definition) is 5. The van der Waals surface area contributed by atoms with Gasteiger partial charge in [-0.05, 0) is 18.2 Å². The summed E-state index contributed by atoms with van der Waals surface area (Å²) in [5, 5.41) is 7.32. The smallest absolute Gasteiger partial charge is 0.254 e. The van der Waals surface area contributed by atoms with Gasteiger partial charge in [0.1, 0.15) is 12.1 Å². The van der Waals surface area contributed by atoms with Crippen LogP contribution in [0.25, 0.3) is 11.4 Å². The predicted octanol–water partition coefficient (Wildman–Crippen LogP) is 2.48. The normalized spacial score (nSPS) is 14.5. The average Bonchev–Trinajstić information content (AvgIpc) is 3.23. The van der Waals surface area contributed by atoms with Crippen molar-refractivity contribution < 1.29 is 4.79 Å². The number of anilines is 1. The summed E-state index contributed by atoms with van der Waals surface area (Å²) in [5.41, 5.74) is 1.39. The molecule has 3 heterocycles. The Labute approximate surface area is 155 Å². The number of H-pyrrole nitrogens is 1. The third-order valence-corrected chi connectivity index (χ3v) is 4.65. The molecule has 3 aromatic rings. The van der Waals surface area contributed by atoms with Crippen LogP contribution < -0.4 is 4.90 Å². The molecule has 1 fully saturated rings. The SMILES string of the molecule is O=C(c1ccccc1-c1ncn[nH]1)N1CCN(c2ccc(Cl)cn2)CC1. The van der Waals surface area contributed by atoms with Crippen molar-refractivity contribution in [2.45, 2.75) is 0 Å². The van der Waals surface area contributed by atoms with E-state index in [2.05, 4.69) is 25.1 Å². The Balaban J connectivity index is 1.48. The van der Waals surface area contributed by atoms with Gasteiger partial charge in [0.15, 0.2) is 5.82 Å². The minimum absolute atomic E-state index is 0.000662. The topological polar surface area (TPSA) is 78.0 Å². The molecule has 26 heavy (non-hydrogen) atoms. The van der Waals surface area contributed by atoms with Crippen LogP contribution >= 0.6 is 11.6 Å². The lowest BCUT2D eigenvalue weighted by atomic mass is 10.1. The van der Waals surface area contributed by atoms with Gasteiger partial charge >= 0.3 is 0 Å². The van der Waals surface area contributed by atoms with E-state index in [-0.39, 0.29) is 5.91 Å². The quantitative estimate of drug-likeness (QED) is 0.768. The fraction of sp³-hybridized carbons (Fsp3) is 0.222. The Morgan fingerprint density at radius 1 is 1.04 bits per heavy atom. The fourth-order valence-electron chi connectivity index (χ4n) is 3.08. The van der Waals surface area contributed by atoms with Crippen LogP contribution in [0.5, 0.6) is 0 Å². The highest BCUT2D eigenvalue weighted by atomic mass is 35.5. The zero-order valence-electron chi connectivity index (χ0n) is 14.0. The number of pyridine rings is 1. The average molecular weight is 369 g/mol. The first-order valence-electron chi connectivity index (χ1n) is 8.33. The number of aromatic nitrogens is 4. The molecule has 0 atom stereocenters. The second kappa shape index (κ2) is 7.13. The third kappa shape index (κ3) is 3.25. The predicted molar refractivity (Wildman–Crippen MR) is 99.2 cm³/mol. The van der Waals surface area contributed by atoms with Gasteiger partial charge < -0.3 is 9.80 Å². The highest BCUT2D eigenvalue weighted by Gasteiger charge is 2.25. The maximum Gasteiger partial charge on any atom is 0.254 e. The summed E-state index contributed by atoms with van der Waals surface area (Å²) in [6.45, 7) is 2.72. The van der Waals surface area contributed by atoms with E-state index >= 15 is 0 Å².